The summed E-state index contributed by atoms with van der Waals surface area (Å²) in [6.07, 6.45) is 1.61. The molecule has 0 radical (unpaired) electrons. The molecule has 0 atom stereocenters. The summed E-state index contributed by atoms with van der Waals surface area (Å²) in [6, 6.07) is 18.9. The maximum Gasteiger partial charge on any atom is 0.227 e. The summed E-state index contributed by atoms with van der Waals surface area (Å²) in [4.78, 5) is 9.05. The highest BCUT2D eigenvalue weighted by atomic mass is 16.5. The number of para-hydroxylation sites is 1. The van der Waals surface area contributed by atoms with E-state index < -0.39 is 0 Å². The number of oxazole rings is 1. The van der Waals surface area contributed by atoms with Crippen molar-refractivity contribution in [3.63, 3.8) is 0 Å². The van der Waals surface area contributed by atoms with E-state index in [1.54, 1.807) is 18.3 Å². The van der Waals surface area contributed by atoms with E-state index in [1.165, 1.54) is 0 Å². The third-order valence-electron chi connectivity index (χ3n) is 4.32. The summed E-state index contributed by atoms with van der Waals surface area (Å²) in [7, 11) is 0. The van der Waals surface area contributed by atoms with Gasteiger partial charge in [0.2, 0.25) is 5.89 Å². The lowest BCUT2D eigenvalue weighted by Crippen LogP contribution is -1.93. The quantitative estimate of drug-likeness (QED) is 0.459. The molecule has 4 aromatic rings. The van der Waals surface area contributed by atoms with Crippen molar-refractivity contribution < 1.29 is 14.3 Å². The molecule has 4 rings (SSSR count). The molecule has 0 bridgehead atoms. The molecule has 0 saturated heterocycles. The van der Waals surface area contributed by atoms with Gasteiger partial charge in [0, 0.05) is 17.3 Å². The van der Waals surface area contributed by atoms with Crippen LogP contribution in [-0.4, -0.2) is 22.9 Å². The molecule has 0 aliphatic rings. The van der Waals surface area contributed by atoms with Crippen LogP contribution in [0.2, 0.25) is 0 Å². The zero-order valence-electron chi connectivity index (χ0n) is 15.7. The average Bonchev–Trinajstić information content (AvgIpc) is 3.12. The van der Waals surface area contributed by atoms with Crippen molar-refractivity contribution in [2.75, 3.05) is 6.61 Å². The minimum atomic E-state index is 0.0809. The molecule has 28 heavy (non-hydrogen) atoms. The minimum absolute atomic E-state index is 0.0809. The monoisotopic (exact) mass is 372 g/mol. The number of aryl methyl sites for hydroxylation is 1. The molecule has 1 heterocycles. The number of phenols is 1. The van der Waals surface area contributed by atoms with Gasteiger partial charge < -0.3 is 14.3 Å². The number of hydrogen-bond donors (Lipinski definition) is 1. The van der Waals surface area contributed by atoms with E-state index >= 15 is 0 Å². The largest absolute Gasteiger partial charge is 0.504 e. The van der Waals surface area contributed by atoms with Crippen molar-refractivity contribution in [1.29, 1.82) is 0 Å². The summed E-state index contributed by atoms with van der Waals surface area (Å²) in [5, 5.41) is 10.3. The second kappa shape index (κ2) is 7.56. The van der Waals surface area contributed by atoms with Gasteiger partial charge in [0.05, 0.1) is 12.3 Å². The van der Waals surface area contributed by atoms with Crippen LogP contribution < -0.4 is 4.74 Å². The molecule has 0 aliphatic heterocycles. The molecule has 1 N–H and O–H groups in total. The molecule has 0 unspecified atom stereocenters. The number of fused-ring (bicyclic) bond motifs is 1. The smallest absolute Gasteiger partial charge is 0.227 e. The van der Waals surface area contributed by atoms with Gasteiger partial charge in [0.25, 0.3) is 0 Å². The normalized spacial score (nSPS) is 11.4. The Bertz CT molecular complexity index is 1160. The molecule has 140 valence electrons. The number of rotatable bonds is 5. The van der Waals surface area contributed by atoms with E-state index in [2.05, 4.69) is 9.98 Å². The Labute approximate surface area is 163 Å². The lowest BCUT2D eigenvalue weighted by Gasteiger charge is -2.07. The SMILES string of the molecule is CCOc1cccc(C=Nc2ccc3oc(-c4cccc(C)c4)nc3c2)c1O. The van der Waals surface area contributed by atoms with Gasteiger partial charge in [-0.25, -0.2) is 4.98 Å². The Morgan fingerprint density at radius 3 is 2.79 bits per heavy atom. The van der Waals surface area contributed by atoms with Crippen LogP contribution in [-0.2, 0) is 0 Å². The van der Waals surface area contributed by atoms with Gasteiger partial charge in [-0.2, -0.15) is 0 Å². The molecule has 1 aromatic heterocycles. The molecule has 0 fully saturated rings. The molecule has 5 heteroatoms. The third-order valence-corrected chi connectivity index (χ3v) is 4.32. The predicted molar refractivity (Wildman–Crippen MR) is 111 cm³/mol. The van der Waals surface area contributed by atoms with Crippen molar-refractivity contribution >= 4 is 23.0 Å². The fraction of sp³-hybridized carbons (Fsp3) is 0.130. The number of nitrogens with zero attached hydrogens (tertiary/aromatic N) is 2. The average molecular weight is 372 g/mol. The highest BCUT2D eigenvalue weighted by Gasteiger charge is 2.09. The van der Waals surface area contributed by atoms with E-state index in [0.717, 1.165) is 22.3 Å². The van der Waals surface area contributed by atoms with Crippen molar-refractivity contribution in [2.45, 2.75) is 13.8 Å². The Morgan fingerprint density at radius 1 is 1.11 bits per heavy atom. The van der Waals surface area contributed by atoms with Gasteiger partial charge in [0.15, 0.2) is 17.1 Å². The van der Waals surface area contributed by atoms with E-state index in [0.29, 0.717) is 29.4 Å². The summed E-state index contributed by atoms with van der Waals surface area (Å²) >= 11 is 0. The summed E-state index contributed by atoms with van der Waals surface area (Å²) < 4.78 is 11.3. The van der Waals surface area contributed by atoms with Gasteiger partial charge in [-0.1, -0.05) is 23.8 Å². The highest BCUT2D eigenvalue weighted by molar-refractivity contribution is 5.88. The molecule has 5 nitrogen and oxygen atoms in total. The molecule has 0 aliphatic carbocycles. The topological polar surface area (TPSA) is 67.9 Å². The van der Waals surface area contributed by atoms with Crippen molar-refractivity contribution in [1.82, 2.24) is 4.98 Å². The van der Waals surface area contributed by atoms with Crippen LogP contribution in [0.5, 0.6) is 11.5 Å². The zero-order chi connectivity index (χ0) is 19.5. The number of phenolic OH excluding ortho intramolecular Hbond substituents is 1. The third kappa shape index (κ3) is 3.60. The molecular weight excluding hydrogens is 352 g/mol. The first-order valence-electron chi connectivity index (χ1n) is 9.10. The Hall–Kier alpha value is -3.60. The van der Waals surface area contributed by atoms with Crippen LogP contribution in [0.1, 0.15) is 18.1 Å². The summed E-state index contributed by atoms with van der Waals surface area (Å²) in [5.74, 6) is 1.11. The standard InChI is InChI=1S/C23H20N2O3/c1-3-27-21-9-5-8-17(22(21)26)14-24-18-10-11-20-19(13-18)25-23(28-20)16-7-4-6-15(2)12-16/h4-14,26H,3H2,1-2H3. The molecule has 0 saturated carbocycles. The van der Waals surface area contributed by atoms with E-state index in [9.17, 15) is 5.11 Å². The van der Waals surface area contributed by atoms with Gasteiger partial charge in [-0.15, -0.1) is 0 Å². The first-order valence-corrected chi connectivity index (χ1v) is 9.10. The molecule has 3 aromatic carbocycles. The number of aromatic nitrogens is 1. The van der Waals surface area contributed by atoms with Crippen molar-refractivity contribution in [3.8, 4) is 23.0 Å². The van der Waals surface area contributed by atoms with Gasteiger partial charge >= 0.3 is 0 Å². The first-order chi connectivity index (χ1) is 13.6. The number of benzene rings is 3. The fourth-order valence-electron chi connectivity index (χ4n) is 2.96. The second-order valence-corrected chi connectivity index (χ2v) is 6.43. The van der Waals surface area contributed by atoms with E-state index in [-0.39, 0.29) is 5.75 Å². The Kier molecular flexibility index (Phi) is 4.81. The van der Waals surface area contributed by atoms with Crippen LogP contribution in [0.3, 0.4) is 0 Å². The number of aromatic hydroxyl groups is 1. The van der Waals surface area contributed by atoms with Gasteiger partial charge in [-0.05, 0) is 56.3 Å². The Morgan fingerprint density at radius 2 is 1.96 bits per heavy atom. The molecule has 0 amide bonds. The van der Waals surface area contributed by atoms with Crippen LogP contribution in [0.4, 0.5) is 5.69 Å². The van der Waals surface area contributed by atoms with Crippen molar-refractivity contribution in [3.05, 3.63) is 71.8 Å². The zero-order valence-corrected chi connectivity index (χ0v) is 15.7. The highest BCUT2D eigenvalue weighted by Crippen LogP contribution is 2.30. The van der Waals surface area contributed by atoms with Crippen LogP contribution in [0, 0.1) is 6.92 Å². The van der Waals surface area contributed by atoms with Crippen LogP contribution in [0.25, 0.3) is 22.6 Å². The lowest BCUT2D eigenvalue weighted by molar-refractivity contribution is 0.318. The van der Waals surface area contributed by atoms with E-state index in [1.807, 2.05) is 62.4 Å². The minimum Gasteiger partial charge on any atom is -0.504 e. The van der Waals surface area contributed by atoms with E-state index in [4.69, 9.17) is 9.15 Å². The number of ether oxygens (including phenoxy) is 1. The maximum absolute atomic E-state index is 10.3. The molecule has 0 spiro atoms. The van der Waals surface area contributed by atoms with Gasteiger partial charge in [-0.3, -0.25) is 4.99 Å². The van der Waals surface area contributed by atoms with Gasteiger partial charge in [0.1, 0.15) is 5.52 Å². The number of aliphatic imine (C=N–C) groups is 1. The summed E-state index contributed by atoms with van der Waals surface area (Å²) in [6.45, 7) is 4.40. The lowest BCUT2D eigenvalue weighted by atomic mass is 10.1. The fourth-order valence-corrected chi connectivity index (χ4v) is 2.96. The Balaban J connectivity index is 1.63. The van der Waals surface area contributed by atoms with Crippen LogP contribution in [0.15, 0.2) is 70.1 Å². The summed E-state index contributed by atoms with van der Waals surface area (Å²) in [5.41, 5.74) is 4.84. The first kappa shape index (κ1) is 17.8. The van der Waals surface area contributed by atoms with Crippen molar-refractivity contribution in [2.24, 2.45) is 4.99 Å². The van der Waals surface area contributed by atoms with Crippen LogP contribution >= 0.6 is 0 Å². The predicted octanol–water partition coefficient (Wildman–Crippen LogP) is 5.66. The second-order valence-electron chi connectivity index (χ2n) is 6.43. The number of hydrogen-bond acceptors (Lipinski definition) is 5. The maximum atomic E-state index is 10.3. The molecular formula is C23H20N2O3.